The molecule has 5 nitrogen and oxygen atoms in total. The zero-order chi connectivity index (χ0) is 15.9. The van der Waals surface area contributed by atoms with Crippen LogP contribution in [-0.2, 0) is 6.54 Å². The van der Waals surface area contributed by atoms with E-state index in [4.69, 9.17) is 0 Å². The van der Waals surface area contributed by atoms with E-state index >= 15 is 0 Å². The lowest BCUT2D eigenvalue weighted by Gasteiger charge is -2.25. The molecule has 1 aromatic carbocycles. The van der Waals surface area contributed by atoms with Crippen molar-refractivity contribution in [3.8, 4) is 0 Å². The fraction of sp³-hybridized carbons (Fsp3) is 0.444. The second-order valence-electron chi connectivity index (χ2n) is 6.09. The zero-order valence-corrected chi connectivity index (χ0v) is 13.4. The smallest absolute Gasteiger partial charge is 0.321 e. The minimum Gasteiger partial charge on any atom is -0.325 e. The Hall–Kier alpha value is -2.30. The van der Waals surface area contributed by atoms with Crippen molar-refractivity contribution in [2.24, 2.45) is 0 Å². The molecule has 0 saturated carbocycles. The third-order valence-electron chi connectivity index (χ3n) is 4.23. The van der Waals surface area contributed by atoms with Crippen molar-refractivity contribution in [2.75, 3.05) is 18.4 Å². The van der Waals surface area contributed by atoms with Crippen LogP contribution in [0.4, 0.5) is 10.5 Å². The highest BCUT2D eigenvalue weighted by molar-refractivity contribution is 5.89. The lowest BCUT2D eigenvalue weighted by atomic mass is 10.1. The van der Waals surface area contributed by atoms with Crippen LogP contribution in [0.25, 0.3) is 0 Å². The molecule has 2 heterocycles. The number of anilines is 1. The van der Waals surface area contributed by atoms with E-state index in [9.17, 15) is 4.79 Å². The first-order valence-corrected chi connectivity index (χ1v) is 8.43. The first-order valence-electron chi connectivity index (χ1n) is 8.43. The molecule has 5 heteroatoms. The van der Waals surface area contributed by atoms with Gasteiger partial charge in [-0.3, -0.25) is 4.68 Å². The van der Waals surface area contributed by atoms with Crippen LogP contribution in [0, 0.1) is 0 Å². The van der Waals surface area contributed by atoms with Gasteiger partial charge < -0.3 is 10.2 Å². The number of carbonyl (C=O) groups is 1. The van der Waals surface area contributed by atoms with Crippen LogP contribution in [0.3, 0.4) is 0 Å². The molecular weight excluding hydrogens is 288 g/mol. The van der Waals surface area contributed by atoms with Gasteiger partial charge in [-0.05, 0) is 36.6 Å². The van der Waals surface area contributed by atoms with Gasteiger partial charge in [-0.1, -0.05) is 31.4 Å². The van der Waals surface area contributed by atoms with E-state index in [1.165, 1.54) is 19.3 Å². The fourth-order valence-corrected chi connectivity index (χ4v) is 2.98. The molecule has 1 aliphatic heterocycles. The molecule has 1 saturated heterocycles. The van der Waals surface area contributed by atoms with Crippen LogP contribution in [0.2, 0.25) is 0 Å². The highest BCUT2D eigenvalue weighted by atomic mass is 16.2. The largest absolute Gasteiger partial charge is 0.325 e. The highest BCUT2D eigenvalue weighted by Gasteiger charge is 2.14. The summed E-state index contributed by atoms with van der Waals surface area (Å²) in [4.78, 5) is 14.4. The van der Waals surface area contributed by atoms with Crippen LogP contribution in [0.1, 0.15) is 37.7 Å². The molecule has 0 atom stereocenters. The molecule has 0 aliphatic carbocycles. The second-order valence-corrected chi connectivity index (χ2v) is 6.09. The fourth-order valence-electron chi connectivity index (χ4n) is 2.98. The average Bonchev–Trinajstić information content (AvgIpc) is 3.00. The summed E-state index contributed by atoms with van der Waals surface area (Å²) in [5.41, 5.74) is 1.97. The topological polar surface area (TPSA) is 50.2 Å². The molecule has 2 aromatic rings. The first-order chi connectivity index (χ1) is 11.3. The Bertz CT molecular complexity index is 616. The van der Waals surface area contributed by atoms with Crippen molar-refractivity contribution in [1.29, 1.82) is 0 Å². The van der Waals surface area contributed by atoms with Crippen molar-refractivity contribution >= 4 is 11.7 Å². The van der Waals surface area contributed by atoms with Crippen LogP contribution < -0.4 is 5.32 Å². The number of urea groups is 1. The molecule has 1 aromatic heterocycles. The number of hydrogen-bond donors (Lipinski definition) is 1. The van der Waals surface area contributed by atoms with Gasteiger partial charge in [-0.25, -0.2) is 4.79 Å². The SMILES string of the molecule is O=C(Nc1cccc(Cn2cccn2)c1)N1CCCCCCC1. The Morgan fingerprint density at radius 1 is 1.09 bits per heavy atom. The number of likely N-dealkylation sites (tertiary alicyclic amines) is 1. The molecule has 122 valence electrons. The Morgan fingerprint density at radius 3 is 2.61 bits per heavy atom. The summed E-state index contributed by atoms with van der Waals surface area (Å²) in [5, 5.41) is 7.25. The summed E-state index contributed by atoms with van der Waals surface area (Å²) in [6.45, 7) is 2.43. The number of rotatable bonds is 3. The molecule has 0 spiro atoms. The maximum atomic E-state index is 12.5. The maximum absolute atomic E-state index is 12.5. The van der Waals surface area contributed by atoms with Crippen molar-refractivity contribution in [2.45, 2.75) is 38.6 Å². The molecule has 1 N–H and O–H groups in total. The van der Waals surface area contributed by atoms with Crippen LogP contribution >= 0.6 is 0 Å². The summed E-state index contributed by atoms with van der Waals surface area (Å²) < 4.78 is 1.87. The van der Waals surface area contributed by atoms with Gasteiger partial charge in [0.1, 0.15) is 0 Å². The number of hydrogen-bond acceptors (Lipinski definition) is 2. The van der Waals surface area contributed by atoms with E-state index in [2.05, 4.69) is 10.4 Å². The third-order valence-corrected chi connectivity index (χ3v) is 4.23. The average molecular weight is 312 g/mol. The van der Waals surface area contributed by atoms with Gasteiger partial charge in [0.15, 0.2) is 0 Å². The summed E-state index contributed by atoms with van der Waals surface area (Å²) in [6.07, 6.45) is 9.66. The van der Waals surface area contributed by atoms with Crippen molar-refractivity contribution in [1.82, 2.24) is 14.7 Å². The zero-order valence-electron chi connectivity index (χ0n) is 13.4. The number of nitrogens with zero attached hydrogens (tertiary/aromatic N) is 3. The monoisotopic (exact) mass is 312 g/mol. The molecule has 0 unspecified atom stereocenters. The maximum Gasteiger partial charge on any atom is 0.321 e. The number of amides is 2. The molecule has 0 radical (unpaired) electrons. The van der Waals surface area contributed by atoms with Crippen LogP contribution in [0.5, 0.6) is 0 Å². The second kappa shape index (κ2) is 7.81. The van der Waals surface area contributed by atoms with Crippen LogP contribution in [0.15, 0.2) is 42.7 Å². The van der Waals surface area contributed by atoms with Gasteiger partial charge in [0, 0.05) is 31.2 Å². The Labute approximate surface area is 137 Å². The normalized spacial score (nSPS) is 15.7. The lowest BCUT2D eigenvalue weighted by Crippen LogP contribution is -2.37. The number of aromatic nitrogens is 2. The predicted molar refractivity (Wildman–Crippen MR) is 91.4 cm³/mol. The Balaban J connectivity index is 1.61. The highest BCUT2D eigenvalue weighted by Crippen LogP contribution is 2.15. The molecule has 1 fully saturated rings. The molecular formula is C18H24N4O. The molecule has 0 bridgehead atoms. The van der Waals surface area contributed by atoms with Gasteiger partial charge in [0.2, 0.25) is 0 Å². The van der Waals surface area contributed by atoms with Crippen molar-refractivity contribution in [3.05, 3.63) is 48.3 Å². The first kappa shape index (κ1) is 15.6. The summed E-state index contributed by atoms with van der Waals surface area (Å²) >= 11 is 0. The Kier molecular flexibility index (Phi) is 5.29. The quantitative estimate of drug-likeness (QED) is 0.939. The summed E-state index contributed by atoms with van der Waals surface area (Å²) in [7, 11) is 0. The van der Waals surface area contributed by atoms with Gasteiger partial charge in [0.25, 0.3) is 0 Å². The summed E-state index contributed by atoms with van der Waals surface area (Å²) in [6, 6.07) is 9.91. The Morgan fingerprint density at radius 2 is 1.87 bits per heavy atom. The molecule has 2 amide bonds. The molecule has 1 aliphatic rings. The van der Waals surface area contributed by atoms with Crippen molar-refractivity contribution in [3.63, 3.8) is 0 Å². The van der Waals surface area contributed by atoms with E-state index in [0.29, 0.717) is 6.54 Å². The van der Waals surface area contributed by atoms with Crippen molar-refractivity contribution < 1.29 is 4.79 Å². The summed E-state index contributed by atoms with van der Waals surface area (Å²) in [5.74, 6) is 0. The van der Waals surface area contributed by atoms with E-state index < -0.39 is 0 Å². The van der Waals surface area contributed by atoms with E-state index in [0.717, 1.165) is 37.2 Å². The number of benzene rings is 1. The lowest BCUT2D eigenvalue weighted by molar-refractivity contribution is 0.206. The minimum absolute atomic E-state index is 0.0168. The van der Waals surface area contributed by atoms with Gasteiger partial charge in [-0.2, -0.15) is 5.10 Å². The predicted octanol–water partition coefficient (Wildman–Crippen LogP) is 3.73. The number of nitrogens with one attached hydrogen (secondary N) is 1. The standard InChI is InChI=1S/C18H24N4O/c23-18(21-11-4-2-1-3-5-12-21)20-17-9-6-8-16(14-17)15-22-13-7-10-19-22/h6-10,13-14H,1-5,11-12,15H2,(H,20,23). The van der Waals surface area contributed by atoms with E-state index in [-0.39, 0.29) is 6.03 Å². The molecule has 23 heavy (non-hydrogen) atoms. The molecule has 3 rings (SSSR count). The van der Waals surface area contributed by atoms with Crippen LogP contribution in [-0.4, -0.2) is 33.8 Å². The third kappa shape index (κ3) is 4.58. The van der Waals surface area contributed by atoms with Gasteiger partial charge in [-0.15, -0.1) is 0 Å². The number of carbonyl (C=O) groups excluding carboxylic acids is 1. The van der Waals surface area contributed by atoms with E-state index in [1.54, 1.807) is 6.20 Å². The van der Waals surface area contributed by atoms with Gasteiger partial charge in [0.05, 0.1) is 6.54 Å². The minimum atomic E-state index is 0.0168. The van der Waals surface area contributed by atoms with E-state index in [1.807, 2.05) is 46.1 Å². The van der Waals surface area contributed by atoms with Gasteiger partial charge >= 0.3 is 6.03 Å².